The zero-order valence-electron chi connectivity index (χ0n) is 7.14. The van der Waals surface area contributed by atoms with E-state index in [2.05, 4.69) is 0 Å². The minimum absolute atomic E-state index is 0.163. The Bertz CT molecular complexity index is 483. The minimum Gasteiger partial charge on any atom is -0.499 e. The van der Waals surface area contributed by atoms with Crippen molar-refractivity contribution in [3.8, 4) is 5.06 Å². The molecule has 0 amide bonds. The molecule has 0 aliphatic carbocycles. The smallest absolute Gasteiger partial charge is 0.488 e. The van der Waals surface area contributed by atoms with Crippen LogP contribution in [-0.4, -0.2) is 22.3 Å². The summed E-state index contributed by atoms with van der Waals surface area (Å²) in [6.45, 7) is 0. The van der Waals surface area contributed by atoms with E-state index in [-0.39, 0.29) is 5.06 Å². The summed E-state index contributed by atoms with van der Waals surface area (Å²) in [7, 11) is -1.54. The summed E-state index contributed by atoms with van der Waals surface area (Å²) in [5.41, 5.74) is 6.45. The molecule has 0 aliphatic heterocycles. The van der Waals surface area contributed by atoms with E-state index in [9.17, 15) is 5.11 Å². The van der Waals surface area contributed by atoms with Crippen LogP contribution in [0.25, 0.3) is 10.1 Å². The Labute approximate surface area is 84.4 Å². The molecule has 1 aromatic carbocycles. The van der Waals surface area contributed by atoms with E-state index < -0.39 is 7.12 Å². The van der Waals surface area contributed by atoms with Crippen LogP contribution < -0.4 is 11.2 Å². The van der Waals surface area contributed by atoms with Gasteiger partial charge in [-0.25, -0.2) is 0 Å². The number of nitrogens with two attached hydrogens (primary N) is 1. The molecule has 0 atom stereocenters. The van der Waals surface area contributed by atoms with Crippen molar-refractivity contribution in [1.29, 1.82) is 0 Å². The van der Waals surface area contributed by atoms with Crippen LogP contribution in [0.2, 0.25) is 0 Å². The molecule has 1 aromatic heterocycles. The van der Waals surface area contributed by atoms with Crippen LogP contribution in [-0.2, 0) is 0 Å². The van der Waals surface area contributed by atoms with Crippen LogP contribution in [0.1, 0.15) is 0 Å². The number of aromatic hydroxyl groups is 1. The average molecular weight is 209 g/mol. The lowest BCUT2D eigenvalue weighted by Crippen LogP contribution is -2.29. The lowest BCUT2D eigenvalue weighted by atomic mass is 9.79. The van der Waals surface area contributed by atoms with Crippen LogP contribution >= 0.6 is 11.3 Å². The third-order valence-electron chi connectivity index (χ3n) is 1.95. The molecule has 6 heteroatoms. The summed E-state index contributed by atoms with van der Waals surface area (Å²) >= 11 is 1.17. The highest BCUT2D eigenvalue weighted by Crippen LogP contribution is 2.33. The van der Waals surface area contributed by atoms with E-state index in [1.807, 2.05) is 0 Å². The maximum atomic E-state index is 9.25. The summed E-state index contributed by atoms with van der Waals surface area (Å²) in [5, 5.41) is 28.0. The first kappa shape index (κ1) is 9.33. The van der Waals surface area contributed by atoms with Crippen molar-refractivity contribution in [3.63, 3.8) is 0 Å². The monoisotopic (exact) mass is 209 g/mol. The molecule has 2 aromatic rings. The van der Waals surface area contributed by atoms with E-state index in [4.69, 9.17) is 15.8 Å². The van der Waals surface area contributed by atoms with Gasteiger partial charge in [-0.1, -0.05) is 17.4 Å². The Balaban J connectivity index is 2.71. The molecule has 1 heterocycles. The fraction of sp³-hybridized carbons (Fsp3) is 0. The van der Waals surface area contributed by atoms with Gasteiger partial charge in [0, 0.05) is 5.69 Å². The highest BCUT2D eigenvalue weighted by molar-refractivity contribution is 7.21. The van der Waals surface area contributed by atoms with Crippen LogP contribution in [0.3, 0.4) is 0 Å². The molecule has 0 bridgehead atoms. The Kier molecular flexibility index (Phi) is 2.11. The number of anilines is 1. The highest BCUT2D eigenvalue weighted by Gasteiger charge is 2.14. The van der Waals surface area contributed by atoms with Crippen LogP contribution in [0.5, 0.6) is 5.06 Å². The van der Waals surface area contributed by atoms with Crippen LogP contribution in [0.15, 0.2) is 18.2 Å². The lowest BCUT2D eigenvalue weighted by Gasteiger charge is -2.01. The van der Waals surface area contributed by atoms with E-state index in [0.717, 1.165) is 10.1 Å². The molecule has 4 nitrogen and oxygen atoms in total. The summed E-state index contributed by atoms with van der Waals surface area (Å²) in [6, 6.07) is 4.62. The molecule has 2 rings (SSSR count). The first-order valence-electron chi connectivity index (χ1n) is 3.96. The zero-order valence-corrected chi connectivity index (χ0v) is 7.95. The normalized spacial score (nSPS) is 10.7. The molecular formula is C8H8BNO3S. The van der Waals surface area contributed by atoms with Gasteiger partial charge in [-0.2, -0.15) is 0 Å². The summed E-state index contributed by atoms with van der Waals surface area (Å²) in [4.78, 5) is 0. The second-order valence-corrected chi connectivity index (χ2v) is 4.02. The number of nitrogen functional groups attached to an aromatic ring is 1. The molecule has 5 N–H and O–H groups in total. The number of rotatable bonds is 1. The van der Waals surface area contributed by atoms with Crippen molar-refractivity contribution in [2.24, 2.45) is 0 Å². The Morgan fingerprint density at radius 2 is 1.93 bits per heavy atom. The standard InChI is InChI=1S/C8H8BNO3S/c10-6-3-5(9(12)13)1-4-2-7(11)14-8(4)6/h1-3,11-13H,10H2. The van der Waals surface area contributed by atoms with Crippen molar-refractivity contribution < 1.29 is 15.2 Å². The fourth-order valence-electron chi connectivity index (χ4n) is 1.34. The van der Waals surface area contributed by atoms with Crippen LogP contribution in [0.4, 0.5) is 5.69 Å². The Hall–Kier alpha value is -1.24. The molecule has 0 saturated carbocycles. The van der Waals surface area contributed by atoms with Crippen molar-refractivity contribution in [1.82, 2.24) is 0 Å². The van der Waals surface area contributed by atoms with Gasteiger partial charge in [0.25, 0.3) is 0 Å². The third-order valence-corrected chi connectivity index (χ3v) is 2.95. The Morgan fingerprint density at radius 1 is 1.21 bits per heavy atom. The first-order chi connectivity index (χ1) is 6.58. The van der Waals surface area contributed by atoms with Gasteiger partial charge in [0.1, 0.15) is 0 Å². The summed E-state index contributed by atoms with van der Waals surface area (Å²) in [5.74, 6) is 0. The van der Waals surface area contributed by atoms with Crippen LogP contribution in [0, 0.1) is 0 Å². The van der Waals surface area contributed by atoms with Crippen molar-refractivity contribution in [2.75, 3.05) is 5.73 Å². The third kappa shape index (κ3) is 1.43. The predicted octanol–water partition coefficient (Wildman–Crippen LogP) is -0.131. The van der Waals surface area contributed by atoms with Gasteiger partial charge in [-0.3, -0.25) is 0 Å². The van der Waals surface area contributed by atoms with E-state index in [0.29, 0.717) is 11.2 Å². The van der Waals surface area contributed by atoms with Gasteiger partial charge in [-0.15, -0.1) is 0 Å². The SMILES string of the molecule is Nc1cc(B(O)O)cc2cc(O)sc12. The molecule has 0 unspecified atom stereocenters. The maximum Gasteiger partial charge on any atom is 0.488 e. The first-order valence-corrected chi connectivity index (χ1v) is 4.77. The molecule has 0 aliphatic rings. The summed E-state index contributed by atoms with van der Waals surface area (Å²) < 4.78 is 0.756. The second-order valence-electron chi connectivity index (χ2n) is 2.99. The van der Waals surface area contributed by atoms with Gasteiger partial charge < -0.3 is 20.9 Å². The number of thiophene rings is 1. The molecule has 72 valence electrons. The zero-order chi connectivity index (χ0) is 10.3. The highest BCUT2D eigenvalue weighted by atomic mass is 32.1. The van der Waals surface area contributed by atoms with Gasteiger partial charge in [0.2, 0.25) is 0 Å². The predicted molar refractivity (Wildman–Crippen MR) is 57.7 cm³/mol. The van der Waals surface area contributed by atoms with Crippen molar-refractivity contribution >= 4 is 39.7 Å². The quantitative estimate of drug-likeness (QED) is 0.389. The number of hydrogen-bond acceptors (Lipinski definition) is 5. The van der Waals surface area contributed by atoms with Crippen molar-refractivity contribution in [3.05, 3.63) is 18.2 Å². The van der Waals surface area contributed by atoms with E-state index >= 15 is 0 Å². The molecule has 14 heavy (non-hydrogen) atoms. The number of fused-ring (bicyclic) bond motifs is 1. The van der Waals surface area contributed by atoms with Gasteiger partial charge >= 0.3 is 7.12 Å². The summed E-state index contributed by atoms with van der Waals surface area (Å²) in [6.07, 6.45) is 0. The maximum absolute atomic E-state index is 9.25. The fourth-order valence-corrected chi connectivity index (χ4v) is 2.15. The molecule has 0 fully saturated rings. The Morgan fingerprint density at radius 3 is 2.57 bits per heavy atom. The van der Waals surface area contributed by atoms with E-state index in [1.165, 1.54) is 17.4 Å². The van der Waals surface area contributed by atoms with Gasteiger partial charge in [0.05, 0.1) is 4.70 Å². The second kappa shape index (κ2) is 3.16. The molecule has 0 saturated heterocycles. The largest absolute Gasteiger partial charge is 0.499 e. The minimum atomic E-state index is -1.54. The van der Waals surface area contributed by atoms with Crippen molar-refractivity contribution in [2.45, 2.75) is 0 Å². The van der Waals surface area contributed by atoms with Gasteiger partial charge in [-0.05, 0) is 23.0 Å². The topological polar surface area (TPSA) is 86.7 Å². The molecule has 0 radical (unpaired) electrons. The number of hydrogen-bond donors (Lipinski definition) is 4. The number of benzene rings is 1. The molecule has 0 spiro atoms. The lowest BCUT2D eigenvalue weighted by molar-refractivity contribution is 0.426. The van der Waals surface area contributed by atoms with Gasteiger partial charge in [0.15, 0.2) is 5.06 Å². The molecular weight excluding hydrogens is 201 g/mol. The van der Waals surface area contributed by atoms with E-state index in [1.54, 1.807) is 12.1 Å². The average Bonchev–Trinajstić information content (AvgIpc) is 2.45.